The number of furan rings is 1. The number of aryl methyl sites for hydroxylation is 1. The van der Waals surface area contributed by atoms with Gasteiger partial charge in [-0.05, 0) is 62.6 Å². The van der Waals surface area contributed by atoms with E-state index in [2.05, 4.69) is 25.3 Å². The number of anilines is 1. The normalized spacial score (nSPS) is 17.5. The van der Waals surface area contributed by atoms with Gasteiger partial charge in [0.15, 0.2) is 11.6 Å². The third-order valence-electron chi connectivity index (χ3n) is 6.99. The average Bonchev–Trinajstić information content (AvgIpc) is 3.72. The molecule has 0 unspecified atom stereocenters. The van der Waals surface area contributed by atoms with Gasteiger partial charge in [0.1, 0.15) is 28.7 Å². The highest BCUT2D eigenvalue weighted by Crippen LogP contribution is 2.37. The number of benzene rings is 1. The lowest BCUT2D eigenvalue weighted by molar-refractivity contribution is 0.208. The van der Waals surface area contributed by atoms with Crippen LogP contribution >= 0.6 is 0 Å². The maximum Gasteiger partial charge on any atom is 0.222 e. The van der Waals surface area contributed by atoms with Crippen LogP contribution in [0, 0.1) is 6.92 Å². The summed E-state index contributed by atoms with van der Waals surface area (Å²) in [6.45, 7) is 2.00. The Labute approximate surface area is 217 Å². The van der Waals surface area contributed by atoms with Crippen molar-refractivity contribution in [3.05, 3.63) is 66.8 Å². The maximum atomic E-state index is 6.22. The molecule has 4 N–H and O–H groups in total. The van der Waals surface area contributed by atoms with Crippen molar-refractivity contribution in [3.8, 4) is 34.1 Å². The minimum atomic E-state index is 0.0937. The van der Waals surface area contributed by atoms with E-state index in [4.69, 9.17) is 20.6 Å². The Morgan fingerprint density at radius 2 is 2.03 bits per heavy atom. The molecule has 0 aliphatic heterocycles. The molecule has 0 amide bonds. The predicted molar refractivity (Wildman–Crippen MR) is 142 cm³/mol. The van der Waals surface area contributed by atoms with Gasteiger partial charge in [-0.2, -0.15) is 9.67 Å². The highest BCUT2D eigenvalue weighted by molar-refractivity contribution is 5.87. The number of aromatic nitrogens is 7. The van der Waals surface area contributed by atoms with Crippen LogP contribution in [0.1, 0.15) is 25.0 Å². The zero-order valence-corrected chi connectivity index (χ0v) is 20.7. The van der Waals surface area contributed by atoms with E-state index >= 15 is 0 Å². The van der Waals surface area contributed by atoms with Gasteiger partial charge in [-0.15, -0.1) is 5.10 Å². The van der Waals surface area contributed by atoms with Crippen molar-refractivity contribution in [2.75, 3.05) is 5.73 Å². The molecule has 1 saturated carbocycles. The third-order valence-corrected chi connectivity index (χ3v) is 6.99. The van der Waals surface area contributed by atoms with E-state index in [1.165, 1.54) is 0 Å². The molecule has 0 bridgehead atoms. The quantitative estimate of drug-likeness (QED) is 0.354. The summed E-state index contributed by atoms with van der Waals surface area (Å²) in [6, 6.07) is 13.5. The molecule has 0 spiro atoms. The van der Waals surface area contributed by atoms with Crippen molar-refractivity contribution in [3.63, 3.8) is 0 Å². The number of pyridine rings is 1. The lowest BCUT2D eigenvalue weighted by atomic mass is 10.0. The van der Waals surface area contributed by atoms with Crippen LogP contribution < -0.4 is 16.2 Å². The van der Waals surface area contributed by atoms with E-state index in [0.29, 0.717) is 28.4 Å². The molecule has 0 radical (unpaired) electrons. The number of hydrogen-bond acceptors (Lipinski definition) is 9. The molecule has 1 fully saturated rings. The number of nitrogens with two attached hydrogens (primary N) is 2. The number of rotatable bonds is 5. The number of nitrogen functional groups attached to an aromatic ring is 1. The highest BCUT2D eigenvalue weighted by Gasteiger charge is 2.25. The number of nitrogens with zero attached hydrogens (tertiary/aromatic N) is 7. The summed E-state index contributed by atoms with van der Waals surface area (Å²) in [5, 5.41) is 8.89. The van der Waals surface area contributed by atoms with Crippen LogP contribution in [0.15, 0.2) is 65.5 Å². The van der Waals surface area contributed by atoms with Crippen LogP contribution in [0.4, 0.5) is 5.95 Å². The summed E-state index contributed by atoms with van der Waals surface area (Å²) in [6.07, 6.45) is 8.32. The molecule has 1 aliphatic rings. The van der Waals surface area contributed by atoms with Gasteiger partial charge in [0.25, 0.3) is 0 Å². The van der Waals surface area contributed by atoms with Gasteiger partial charge in [-0.3, -0.25) is 0 Å². The van der Waals surface area contributed by atoms with Crippen LogP contribution in [-0.4, -0.2) is 46.5 Å². The fourth-order valence-electron chi connectivity index (χ4n) is 5.13. The van der Waals surface area contributed by atoms with Gasteiger partial charge in [0.05, 0.1) is 17.3 Å². The Kier molecular flexibility index (Phi) is 5.11. The van der Waals surface area contributed by atoms with E-state index < -0.39 is 0 Å². The fourth-order valence-corrected chi connectivity index (χ4v) is 5.13. The molecular weight excluding hydrogens is 482 g/mol. The lowest BCUT2D eigenvalue weighted by Gasteiger charge is -2.15. The first-order valence-electron chi connectivity index (χ1n) is 12.5. The molecule has 0 saturated heterocycles. The molecule has 2 atom stereocenters. The smallest absolute Gasteiger partial charge is 0.222 e. The molecule has 6 aromatic rings. The van der Waals surface area contributed by atoms with Gasteiger partial charge in [0, 0.05) is 35.8 Å². The van der Waals surface area contributed by atoms with Crippen molar-refractivity contribution in [2.45, 2.75) is 38.3 Å². The standard InChI is InChI=1S/C27H25N9O2/c1-15-13-30-23-9-4-16(14-35(15)23)24-25(22-3-2-10-37-22)31-27(29)32-26(24)36-21-8-7-19(12-20(21)33-34-36)38-18-6-5-17(28)11-18/h2-4,7-10,12-14,17-18H,5-6,11,28H2,1H3,(H2,29,31,32)/t17-,18+/m0/s1. The Bertz CT molecular complexity index is 1790. The molecule has 38 heavy (non-hydrogen) atoms. The lowest BCUT2D eigenvalue weighted by Crippen LogP contribution is -2.19. The average molecular weight is 508 g/mol. The van der Waals surface area contributed by atoms with Crippen LogP contribution in [0.5, 0.6) is 5.75 Å². The third kappa shape index (κ3) is 3.75. The minimum absolute atomic E-state index is 0.0937. The highest BCUT2D eigenvalue weighted by atomic mass is 16.5. The first kappa shape index (κ1) is 22.4. The molecule has 11 heteroatoms. The van der Waals surface area contributed by atoms with Gasteiger partial charge >= 0.3 is 0 Å². The van der Waals surface area contributed by atoms with Crippen molar-refractivity contribution >= 4 is 22.6 Å². The zero-order chi connectivity index (χ0) is 25.8. The Balaban J connectivity index is 1.40. The predicted octanol–water partition coefficient (Wildman–Crippen LogP) is 3.93. The second-order valence-electron chi connectivity index (χ2n) is 9.62. The monoisotopic (exact) mass is 507 g/mol. The van der Waals surface area contributed by atoms with Gasteiger partial charge < -0.3 is 25.0 Å². The van der Waals surface area contributed by atoms with Crippen LogP contribution in [0.25, 0.3) is 45.1 Å². The number of fused-ring (bicyclic) bond motifs is 2. The van der Waals surface area contributed by atoms with E-state index in [1.54, 1.807) is 10.9 Å². The Hall–Kier alpha value is -4.77. The van der Waals surface area contributed by atoms with Crippen molar-refractivity contribution in [1.29, 1.82) is 0 Å². The molecule has 11 nitrogen and oxygen atoms in total. The maximum absolute atomic E-state index is 6.22. The number of ether oxygens (including phenoxy) is 1. The van der Waals surface area contributed by atoms with Crippen LogP contribution in [-0.2, 0) is 0 Å². The summed E-state index contributed by atoms with van der Waals surface area (Å²) in [4.78, 5) is 13.6. The second-order valence-corrected chi connectivity index (χ2v) is 9.62. The van der Waals surface area contributed by atoms with Gasteiger partial charge in [-0.25, -0.2) is 9.97 Å². The van der Waals surface area contributed by atoms with E-state index in [1.807, 2.05) is 66.2 Å². The van der Waals surface area contributed by atoms with E-state index in [-0.39, 0.29) is 18.1 Å². The Morgan fingerprint density at radius 1 is 1.11 bits per heavy atom. The van der Waals surface area contributed by atoms with Crippen molar-refractivity contribution in [2.24, 2.45) is 5.73 Å². The van der Waals surface area contributed by atoms with Gasteiger partial charge in [-0.1, -0.05) is 5.21 Å². The van der Waals surface area contributed by atoms with Crippen LogP contribution in [0.3, 0.4) is 0 Å². The summed E-state index contributed by atoms with van der Waals surface area (Å²) in [5.74, 6) is 1.88. The molecule has 1 aliphatic carbocycles. The molecule has 7 rings (SSSR count). The van der Waals surface area contributed by atoms with Gasteiger partial charge in [0.2, 0.25) is 5.95 Å². The molecule has 190 valence electrons. The number of hydrogen-bond donors (Lipinski definition) is 2. The zero-order valence-electron chi connectivity index (χ0n) is 20.7. The molecule has 5 aromatic heterocycles. The SMILES string of the molecule is Cc1cnc2ccc(-c3c(-c4ccco4)nc(N)nc3-n3nnc4cc(O[C@@H]5CC[C@H](N)C5)ccc43)cn12. The van der Waals surface area contributed by atoms with Crippen LogP contribution in [0.2, 0.25) is 0 Å². The molecule has 5 heterocycles. The number of imidazole rings is 1. The summed E-state index contributed by atoms with van der Waals surface area (Å²) < 4.78 is 15.6. The van der Waals surface area contributed by atoms with Crippen molar-refractivity contribution in [1.82, 2.24) is 34.3 Å². The van der Waals surface area contributed by atoms with E-state index in [9.17, 15) is 0 Å². The minimum Gasteiger partial charge on any atom is -0.490 e. The second kappa shape index (κ2) is 8.67. The first-order valence-corrected chi connectivity index (χ1v) is 12.5. The summed E-state index contributed by atoms with van der Waals surface area (Å²) in [5.41, 5.74) is 17.6. The largest absolute Gasteiger partial charge is 0.490 e. The van der Waals surface area contributed by atoms with E-state index in [0.717, 1.165) is 47.4 Å². The van der Waals surface area contributed by atoms with Crippen molar-refractivity contribution < 1.29 is 9.15 Å². The Morgan fingerprint density at radius 3 is 2.84 bits per heavy atom. The molecule has 1 aromatic carbocycles. The fraction of sp³-hybridized carbons (Fsp3) is 0.222. The summed E-state index contributed by atoms with van der Waals surface area (Å²) >= 11 is 0. The molecular formula is C27H25N9O2. The first-order chi connectivity index (χ1) is 18.5. The topological polar surface area (TPSA) is 148 Å². The summed E-state index contributed by atoms with van der Waals surface area (Å²) in [7, 11) is 0.